The Balaban J connectivity index is 1.73. The lowest BCUT2D eigenvalue weighted by Crippen LogP contribution is -2.10. The zero-order valence-corrected chi connectivity index (χ0v) is 14.8. The van der Waals surface area contributed by atoms with Gasteiger partial charge in [-0.15, -0.1) is 0 Å². The molecule has 0 unspecified atom stereocenters. The molecule has 3 aromatic rings. The number of benzene rings is 3. The largest absolute Gasteiger partial charge is 0.496 e. The molecule has 27 heavy (non-hydrogen) atoms. The molecular weight excluding hydrogens is 340 g/mol. The molecule has 0 fully saturated rings. The highest BCUT2D eigenvalue weighted by atomic mass is 16.5. The summed E-state index contributed by atoms with van der Waals surface area (Å²) in [6, 6.07) is 22.9. The van der Waals surface area contributed by atoms with Crippen molar-refractivity contribution >= 4 is 17.8 Å². The SMILES string of the molecule is COc1ccccc1C(=O)Oc1cccc(C=CC(=O)c2ccccc2)c1. The fraction of sp³-hybridized carbons (Fsp3) is 0.0435. The highest BCUT2D eigenvalue weighted by Crippen LogP contribution is 2.21. The zero-order chi connectivity index (χ0) is 19.1. The molecule has 0 aliphatic carbocycles. The van der Waals surface area contributed by atoms with E-state index in [1.165, 1.54) is 13.2 Å². The third-order valence-electron chi connectivity index (χ3n) is 3.88. The van der Waals surface area contributed by atoms with E-state index in [2.05, 4.69) is 0 Å². The number of methoxy groups -OCH3 is 1. The van der Waals surface area contributed by atoms with Crippen LogP contribution in [0.15, 0.2) is 84.9 Å². The molecule has 3 rings (SSSR count). The van der Waals surface area contributed by atoms with Gasteiger partial charge in [-0.25, -0.2) is 4.79 Å². The molecule has 4 nitrogen and oxygen atoms in total. The van der Waals surface area contributed by atoms with Crippen LogP contribution in [0, 0.1) is 0 Å². The van der Waals surface area contributed by atoms with Crippen molar-refractivity contribution in [2.45, 2.75) is 0 Å². The highest BCUT2D eigenvalue weighted by molar-refractivity contribution is 6.06. The molecule has 0 aliphatic rings. The van der Waals surface area contributed by atoms with Gasteiger partial charge in [0.2, 0.25) is 0 Å². The van der Waals surface area contributed by atoms with Gasteiger partial charge in [0.15, 0.2) is 5.78 Å². The van der Waals surface area contributed by atoms with Gasteiger partial charge in [-0.05, 0) is 35.9 Å². The van der Waals surface area contributed by atoms with Gasteiger partial charge in [-0.3, -0.25) is 4.79 Å². The van der Waals surface area contributed by atoms with Gasteiger partial charge >= 0.3 is 5.97 Å². The first kappa shape index (κ1) is 18.1. The number of ether oxygens (including phenoxy) is 2. The first-order chi connectivity index (χ1) is 13.2. The van der Waals surface area contributed by atoms with E-state index in [4.69, 9.17) is 9.47 Å². The second-order valence-electron chi connectivity index (χ2n) is 5.73. The average molecular weight is 358 g/mol. The van der Waals surface area contributed by atoms with Crippen molar-refractivity contribution < 1.29 is 19.1 Å². The van der Waals surface area contributed by atoms with Crippen molar-refractivity contribution in [1.82, 2.24) is 0 Å². The van der Waals surface area contributed by atoms with Gasteiger partial charge in [0.05, 0.1) is 7.11 Å². The number of allylic oxidation sites excluding steroid dienone is 1. The number of carbonyl (C=O) groups excluding carboxylic acids is 2. The summed E-state index contributed by atoms with van der Waals surface area (Å²) >= 11 is 0. The van der Waals surface area contributed by atoms with Crippen molar-refractivity contribution in [3.05, 3.63) is 102 Å². The Morgan fingerprint density at radius 2 is 1.59 bits per heavy atom. The molecule has 0 spiro atoms. The Bertz CT molecular complexity index is 974. The van der Waals surface area contributed by atoms with Crippen LogP contribution in [-0.2, 0) is 0 Å². The van der Waals surface area contributed by atoms with E-state index >= 15 is 0 Å². The lowest BCUT2D eigenvalue weighted by Gasteiger charge is -2.08. The molecule has 0 aromatic heterocycles. The number of para-hydroxylation sites is 1. The minimum absolute atomic E-state index is 0.0907. The van der Waals surface area contributed by atoms with Crippen molar-refractivity contribution in [2.24, 2.45) is 0 Å². The van der Waals surface area contributed by atoms with E-state index in [1.807, 2.05) is 24.3 Å². The Morgan fingerprint density at radius 3 is 2.37 bits per heavy atom. The molecular formula is C23H18O4. The summed E-state index contributed by atoms with van der Waals surface area (Å²) in [5.74, 6) is 0.244. The summed E-state index contributed by atoms with van der Waals surface area (Å²) in [4.78, 5) is 24.5. The number of ketones is 1. The van der Waals surface area contributed by atoms with Crippen molar-refractivity contribution in [3.8, 4) is 11.5 Å². The van der Waals surface area contributed by atoms with Gasteiger partial charge in [0, 0.05) is 5.56 Å². The fourth-order valence-electron chi connectivity index (χ4n) is 2.53. The molecule has 0 atom stereocenters. The molecule has 0 N–H and O–H groups in total. The van der Waals surface area contributed by atoms with Crippen LogP contribution in [0.4, 0.5) is 0 Å². The molecule has 0 amide bonds. The lowest BCUT2D eigenvalue weighted by atomic mass is 10.1. The highest BCUT2D eigenvalue weighted by Gasteiger charge is 2.13. The van der Waals surface area contributed by atoms with Gasteiger partial charge in [-0.2, -0.15) is 0 Å². The fourth-order valence-corrected chi connectivity index (χ4v) is 2.53. The van der Waals surface area contributed by atoms with Crippen LogP contribution in [0.3, 0.4) is 0 Å². The maximum absolute atomic E-state index is 12.4. The first-order valence-corrected chi connectivity index (χ1v) is 8.40. The van der Waals surface area contributed by atoms with E-state index in [1.54, 1.807) is 60.7 Å². The van der Waals surface area contributed by atoms with Crippen LogP contribution in [-0.4, -0.2) is 18.9 Å². The maximum atomic E-state index is 12.4. The van der Waals surface area contributed by atoms with Crippen LogP contribution in [0.1, 0.15) is 26.3 Å². The number of hydrogen-bond donors (Lipinski definition) is 0. The predicted molar refractivity (Wildman–Crippen MR) is 104 cm³/mol. The van der Waals surface area contributed by atoms with Crippen LogP contribution in [0.25, 0.3) is 6.08 Å². The van der Waals surface area contributed by atoms with Crippen molar-refractivity contribution in [2.75, 3.05) is 7.11 Å². The average Bonchev–Trinajstić information content (AvgIpc) is 2.73. The Labute approximate surface area is 157 Å². The molecule has 0 bridgehead atoms. The van der Waals surface area contributed by atoms with Gasteiger partial charge < -0.3 is 9.47 Å². The second-order valence-corrected chi connectivity index (χ2v) is 5.73. The molecule has 3 aromatic carbocycles. The minimum atomic E-state index is -0.506. The molecule has 0 heterocycles. The Hall–Kier alpha value is -3.66. The van der Waals surface area contributed by atoms with Crippen LogP contribution in [0.5, 0.6) is 11.5 Å². The predicted octanol–water partition coefficient (Wildman–Crippen LogP) is 4.81. The smallest absolute Gasteiger partial charge is 0.347 e. The standard InChI is InChI=1S/C23H18O4/c1-26-22-13-6-5-12-20(22)23(25)27-19-11-7-8-17(16-19)14-15-21(24)18-9-3-2-4-10-18/h2-16H,1H3. The molecule has 0 aliphatic heterocycles. The van der Waals surface area contributed by atoms with E-state index in [9.17, 15) is 9.59 Å². The minimum Gasteiger partial charge on any atom is -0.496 e. The van der Waals surface area contributed by atoms with E-state index in [0.717, 1.165) is 5.56 Å². The lowest BCUT2D eigenvalue weighted by molar-refractivity contribution is 0.0731. The summed E-state index contributed by atoms with van der Waals surface area (Å²) in [6.45, 7) is 0. The molecule has 0 saturated carbocycles. The molecule has 0 saturated heterocycles. The summed E-state index contributed by atoms with van der Waals surface area (Å²) in [6.07, 6.45) is 3.19. The quantitative estimate of drug-likeness (QED) is 0.275. The molecule has 134 valence electrons. The van der Waals surface area contributed by atoms with Crippen LogP contribution >= 0.6 is 0 Å². The number of esters is 1. The zero-order valence-electron chi connectivity index (χ0n) is 14.8. The third kappa shape index (κ3) is 4.70. The van der Waals surface area contributed by atoms with Gasteiger partial charge in [0.1, 0.15) is 17.1 Å². The summed E-state index contributed by atoms with van der Waals surface area (Å²) < 4.78 is 10.6. The first-order valence-electron chi connectivity index (χ1n) is 8.40. The number of hydrogen-bond acceptors (Lipinski definition) is 4. The van der Waals surface area contributed by atoms with Crippen molar-refractivity contribution in [1.29, 1.82) is 0 Å². The summed E-state index contributed by atoms with van der Waals surface area (Å²) in [7, 11) is 1.50. The monoisotopic (exact) mass is 358 g/mol. The number of carbonyl (C=O) groups is 2. The van der Waals surface area contributed by atoms with E-state index in [-0.39, 0.29) is 5.78 Å². The van der Waals surface area contributed by atoms with Crippen LogP contribution < -0.4 is 9.47 Å². The van der Waals surface area contributed by atoms with Crippen LogP contribution in [0.2, 0.25) is 0 Å². The molecule has 4 heteroatoms. The maximum Gasteiger partial charge on any atom is 0.347 e. The topological polar surface area (TPSA) is 52.6 Å². The van der Waals surface area contributed by atoms with E-state index < -0.39 is 5.97 Å². The second kappa shape index (κ2) is 8.63. The van der Waals surface area contributed by atoms with Gasteiger partial charge in [0.25, 0.3) is 0 Å². The summed E-state index contributed by atoms with van der Waals surface area (Å²) in [5, 5.41) is 0. The Kier molecular flexibility index (Phi) is 5.80. The Morgan fingerprint density at radius 1 is 0.852 bits per heavy atom. The summed E-state index contributed by atoms with van der Waals surface area (Å²) in [5.41, 5.74) is 1.72. The van der Waals surface area contributed by atoms with Crippen molar-refractivity contribution in [3.63, 3.8) is 0 Å². The molecule has 0 radical (unpaired) electrons. The van der Waals surface area contributed by atoms with Gasteiger partial charge in [-0.1, -0.05) is 60.7 Å². The normalized spacial score (nSPS) is 10.6. The third-order valence-corrected chi connectivity index (χ3v) is 3.88. The number of rotatable bonds is 6. The van der Waals surface area contributed by atoms with E-state index in [0.29, 0.717) is 22.6 Å².